The van der Waals surface area contributed by atoms with Crippen LogP contribution in [0.15, 0.2) is 38.8 Å². The highest BCUT2D eigenvalue weighted by Gasteiger charge is 2.35. The van der Waals surface area contributed by atoms with Gasteiger partial charge < -0.3 is 14.7 Å². The van der Waals surface area contributed by atoms with Crippen LogP contribution in [0.1, 0.15) is 30.9 Å². The van der Waals surface area contributed by atoms with Gasteiger partial charge in [0.2, 0.25) is 5.91 Å². The van der Waals surface area contributed by atoms with Crippen molar-refractivity contribution in [3.05, 3.63) is 40.8 Å². The number of aliphatic hydroxyl groups is 1. The van der Waals surface area contributed by atoms with E-state index in [-0.39, 0.29) is 12.0 Å². The first-order valence-corrected chi connectivity index (χ1v) is 10.1. The molecule has 4 rings (SSSR count). The molecule has 1 aromatic heterocycles. The lowest BCUT2D eigenvalue weighted by Crippen LogP contribution is -2.37. The van der Waals surface area contributed by atoms with Crippen molar-refractivity contribution >= 4 is 34.7 Å². The van der Waals surface area contributed by atoms with E-state index in [9.17, 15) is 9.90 Å². The Labute approximate surface area is 155 Å². The lowest BCUT2D eigenvalue weighted by molar-refractivity contribution is -0.117. The maximum atomic E-state index is 11.8. The number of fused-ring (bicyclic) bond motifs is 1. The molecule has 1 unspecified atom stereocenters. The first kappa shape index (κ1) is 17.1. The van der Waals surface area contributed by atoms with Crippen molar-refractivity contribution in [2.45, 2.75) is 47.0 Å². The molecule has 25 heavy (non-hydrogen) atoms. The minimum absolute atomic E-state index is 0.0843. The summed E-state index contributed by atoms with van der Waals surface area (Å²) >= 11 is 3.34. The van der Waals surface area contributed by atoms with Crippen LogP contribution in [0.5, 0.6) is 0 Å². The molecule has 1 aromatic carbocycles. The van der Waals surface area contributed by atoms with E-state index in [4.69, 9.17) is 4.74 Å². The van der Waals surface area contributed by atoms with E-state index >= 15 is 0 Å². The van der Waals surface area contributed by atoms with Crippen LogP contribution < -0.4 is 4.90 Å². The Bertz CT molecular complexity index is 819. The van der Waals surface area contributed by atoms with Gasteiger partial charge in [-0.2, -0.15) is 0 Å². The van der Waals surface area contributed by atoms with Crippen LogP contribution >= 0.6 is 23.1 Å². The molecule has 1 fully saturated rings. The number of likely N-dealkylation sites (N-methyl/N-ethyl adjacent to an activating group) is 1. The topological polar surface area (TPSA) is 49.8 Å². The maximum absolute atomic E-state index is 11.8. The molecule has 6 heteroatoms. The molecule has 2 aliphatic heterocycles. The zero-order chi connectivity index (χ0) is 17.6. The van der Waals surface area contributed by atoms with Crippen molar-refractivity contribution in [3.8, 4) is 0 Å². The number of thiophene rings is 1. The third-order valence-corrected chi connectivity index (χ3v) is 7.07. The van der Waals surface area contributed by atoms with E-state index in [1.807, 2.05) is 20.0 Å². The number of ether oxygens (including phenoxy) is 1. The zero-order valence-corrected chi connectivity index (χ0v) is 16.0. The van der Waals surface area contributed by atoms with Gasteiger partial charge in [0.05, 0.1) is 28.9 Å². The van der Waals surface area contributed by atoms with Crippen LogP contribution in [0.3, 0.4) is 0 Å². The Morgan fingerprint density at radius 3 is 3.04 bits per heavy atom. The number of rotatable bonds is 3. The number of benzene rings is 1. The van der Waals surface area contributed by atoms with Gasteiger partial charge in [-0.25, -0.2) is 0 Å². The predicted molar refractivity (Wildman–Crippen MR) is 101 cm³/mol. The summed E-state index contributed by atoms with van der Waals surface area (Å²) in [6, 6.07) is 8.28. The molecule has 2 aliphatic rings. The van der Waals surface area contributed by atoms with E-state index in [1.54, 1.807) is 28.0 Å². The molecule has 0 aliphatic carbocycles. The van der Waals surface area contributed by atoms with Gasteiger partial charge in [-0.3, -0.25) is 4.79 Å². The van der Waals surface area contributed by atoms with E-state index < -0.39 is 5.60 Å². The average molecular weight is 376 g/mol. The maximum Gasteiger partial charge on any atom is 0.231 e. The predicted octanol–water partition coefficient (Wildman–Crippen LogP) is 3.80. The van der Waals surface area contributed by atoms with Crippen LogP contribution in [0.4, 0.5) is 5.69 Å². The van der Waals surface area contributed by atoms with Crippen LogP contribution in [-0.2, 0) is 21.6 Å². The summed E-state index contributed by atoms with van der Waals surface area (Å²) in [7, 11) is 1.82. The minimum Gasteiger partial charge on any atom is -0.385 e. The highest BCUT2D eigenvalue weighted by molar-refractivity contribution is 8.01. The number of carbonyl (C=O) groups is 1. The van der Waals surface area contributed by atoms with E-state index in [2.05, 4.69) is 23.6 Å². The molecule has 1 N–H and O–H groups in total. The second-order valence-corrected chi connectivity index (χ2v) is 9.13. The third-order valence-electron chi connectivity index (χ3n) is 5.00. The molecule has 2 atom stereocenters. The second-order valence-electron chi connectivity index (χ2n) is 6.84. The zero-order valence-electron chi connectivity index (χ0n) is 14.3. The van der Waals surface area contributed by atoms with E-state index in [0.717, 1.165) is 25.9 Å². The summed E-state index contributed by atoms with van der Waals surface area (Å²) in [5, 5.41) is 13.0. The van der Waals surface area contributed by atoms with Crippen molar-refractivity contribution in [3.63, 3.8) is 0 Å². The average Bonchev–Trinajstić information content (AvgIpc) is 3.13. The molecule has 2 aromatic rings. The Morgan fingerprint density at radius 2 is 2.24 bits per heavy atom. The SMILES string of the molecule is C[C@H]1CC(O)(c2csc(Sc3ccc4c(c3)CC(=O)N4C)c2)CCO1. The van der Waals surface area contributed by atoms with Crippen LogP contribution in [-0.4, -0.2) is 30.8 Å². The fraction of sp³-hybridized carbons (Fsp3) is 0.421. The van der Waals surface area contributed by atoms with Crippen molar-refractivity contribution in [2.24, 2.45) is 0 Å². The number of hydrogen-bond acceptors (Lipinski definition) is 5. The van der Waals surface area contributed by atoms with Crippen LogP contribution in [0.25, 0.3) is 0 Å². The van der Waals surface area contributed by atoms with Crippen molar-refractivity contribution in [2.75, 3.05) is 18.6 Å². The van der Waals surface area contributed by atoms with Crippen LogP contribution in [0.2, 0.25) is 0 Å². The Kier molecular flexibility index (Phi) is 4.40. The lowest BCUT2D eigenvalue weighted by Gasteiger charge is -2.35. The summed E-state index contributed by atoms with van der Waals surface area (Å²) in [6.07, 6.45) is 1.85. The molecule has 0 bridgehead atoms. The summed E-state index contributed by atoms with van der Waals surface area (Å²) in [6.45, 7) is 2.61. The summed E-state index contributed by atoms with van der Waals surface area (Å²) < 4.78 is 6.72. The number of hydrogen-bond donors (Lipinski definition) is 1. The molecular weight excluding hydrogens is 354 g/mol. The lowest BCUT2D eigenvalue weighted by atomic mass is 9.86. The Hall–Kier alpha value is -1.34. The van der Waals surface area contributed by atoms with Gasteiger partial charge in [0.25, 0.3) is 0 Å². The van der Waals surface area contributed by atoms with Crippen LogP contribution in [0, 0.1) is 0 Å². The van der Waals surface area contributed by atoms with Gasteiger partial charge in [0, 0.05) is 30.5 Å². The molecule has 0 saturated carbocycles. The quantitative estimate of drug-likeness (QED) is 0.886. The van der Waals surface area contributed by atoms with Gasteiger partial charge in [0.15, 0.2) is 0 Å². The summed E-state index contributed by atoms with van der Waals surface area (Å²) in [5.74, 6) is 0.145. The van der Waals surface area contributed by atoms with Gasteiger partial charge in [-0.1, -0.05) is 11.8 Å². The monoisotopic (exact) mass is 375 g/mol. The van der Waals surface area contributed by atoms with Crippen molar-refractivity contribution in [1.29, 1.82) is 0 Å². The molecule has 1 saturated heterocycles. The largest absolute Gasteiger partial charge is 0.385 e. The first-order chi connectivity index (χ1) is 11.9. The number of carbonyl (C=O) groups excluding carboxylic acids is 1. The van der Waals surface area contributed by atoms with Gasteiger partial charge in [-0.15, -0.1) is 11.3 Å². The fourth-order valence-corrected chi connectivity index (χ4v) is 5.67. The van der Waals surface area contributed by atoms with E-state index in [1.165, 1.54) is 0 Å². The molecule has 0 spiro atoms. The Balaban J connectivity index is 1.52. The first-order valence-electron chi connectivity index (χ1n) is 8.45. The number of anilines is 1. The second kappa shape index (κ2) is 6.43. The highest BCUT2D eigenvalue weighted by Crippen LogP contribution is 2.42. The summed E-state index contributed by atoms with van der Waals surface area (Å²) in [4.78, 5) is 14.7. The Morgan fingerprint density at radius 1 is 1.40 bits per heavy atom. The van der Waals surface area contributed by atoms with E-state index in [0.29, 0.717) is 25.9 Å². The number of nitrogens with zero attached hydrogens (tertiary/aromatic N) is 1. The van der Waals surface area contributed by atoms with Crippen molar-refractivity contribution < 1.29 is 14.6 Å². The fourth-order valence-electron chi connectivity index (χ4n) is 3.57. The molecule has 1 amide bonds. The van der Waals surface area contributed by atoms with Crippen molar-refractivity contribution in [1.82, 2.24) is 0 Å². The smallest absolute Gasteiger partial charge is 0.231 e. The molecule has 0 radical (unpaired) electrons. The molecule has 132 valence electrons. The van der Waals surface area contributed by atoms with Gasteiger partial charge in [-0.05, 0) is 47.7 Å². The molecule has 4 nitrogen and oxygen atoms in total. The molecule has 3 heterocycles. The normalized spacial score (nSPS) is 26.1. The standard InChI is InChI=1S/C19H21NO3S2/c1-12-10-19(22,5-6-23-12)14-9-18(24-11-14)25-15-3-4-16-13(7-15)8-17(21)20(16)2/h3-4,7,9,11-12,22H,5-6,8,10H2,1-2H3/t12-,19?/m0/s1. The number of amides is 1. The van der Waals surface area contributed by atoms with Gasteiger partial charge in [0.1, 0.15) is 0 Å². The third kappa shape index (κ3) is 3.24. The van der Waals surface area contributed by atoms with Gasteiger partial charge >= 0.3 is 0 Å². The summed E-state index contributed by atoms with van der Waals surface area (Å²) in [5.41, 5.74) is 2.31. The molecular formula is C19H21NO3S2. The highest BCUT2D eigenvalue weighted by atomic mass is 32.2. The minimum atomic E-state index is -0.778.